The van der Waals surface area contributed by atoms with E-state index in [4.69, 9.17) is 14.2 Å². The number of carbonyl (C=O) groups excluding carboxylic acids is 2. The summed E-state index contributed by atoms with van der Waals surface area (Å²) in [5.74, 6) is -0.975. The van der Waals surface area contributed by atoms with Gasteiger partial charge in [-0.25, -0.2) is 9.59 Å². The summed E-state index contributed by atoms with van der Waals surface area (Å²) in [7, 11) is 1.64. The van der Waals surface area contributed by atoms with Crippen LogP contribution in [0.2, 0.25) is 0 Å². The third-order valence-electron chi connectivity index (χ3n) is 4.28. The van der Waals surface area contributed by atoms with Crippen LogP contribution in [0.5, 0.6) is 0 Å². The minimum absolute atomic E-state index is 0.103. The van der Waals surface area contributed by atoms with E-state index in [9.17, 15) is 9.59 Å². The van der Waals surface area contributed by atoms with Gasteiger partial charge in [-0.2, -0.15) is 0 Å². The molecule has 2 atom stereocenters. The molecule has 126 valence electrons. The molecule has 0 aromatic rings. The zero-order chi connectivity index (χ0) is 16.8. The molecule has 2 unspecified atom stereocenters. The Morgan fingerprint density at radius 2 is 1.77 bits per heavy atom. The summed E-state index contributed by atoms with van der Waals surface area (Å²) in [5, 5.41) is 0. The Labute approximate surface area is 133 Å². The first kappa shape index (κ1) is 18.7. The lowest BCUT2D eigenvalue weighted by atomic mass is 9.76. The molecule has 1 rings (SSSR count). The predicted molar refractivity (Wildman–Crippen MR) is 83.3 cm³/mol. The van der Waals surface area contributed by atoms with Gasteiger partial charge in [-0.05, 0) is 39.5 Å². The summed E-state index contributed by atoms with van der Waals surface area (Å²) < 4.78 is 16.1. The zero-order valence-corrected chi connectivity index (χ0v) is 14.1. The Hall–Kier alpha value is -1.36. The number of hydrogen-bond acceptors (Lipinski definition) is 5. The van der Waals surface area contributed by atoms with Crippen molar-refractivity contribution in [3.05, 3.63) is 12.2 Å². The minimum Gasteiger partial charge on any atom is -0.456 e. The fraction of sp³-hybridized carbons (Fsp3) is 0.765. The van der Waals surface area contributed by atoms with Gasteiger partial charge in [0, 0.05) is 18.6 Å². The van der Waals surface area contributed by atoms with E-state index in [-0.39, 0.29) is 11.5 Å². The van der Waals surface area contributed by atoms with Crippen molar-refractivity contribution in [2.24, 2.45) is 5.92 Å². The fourth-order valence-corrected chi connectivity index (χ4v) is 2.84. The van der Waals surface area contributed by atoms with Crippen molar-refractivity contribution < 1.29 is 23.8 Å². The van der Waals surface area contributed by atoms with Crippen molar-refractivity contribution >= 4 is 11.9 Å². The standard InChI is InChI=1S/C17H28O5/c1-12(2)15(18)21-14(4)16(19)22-17(13(3)11-20-5)9-7-6-8-10-17/h13-14H,1,6-11H2,2-5H3. The van der Waals surface area contributed by atoms with Crippen LogP contribution in [0.15, 0.2) is 12.2 Å². The SMILES string of the molecule is C=C(C)C(=O)OC(C)C(=O)OC1(C(C)COC)CCCCC1. The molecule has 0 saturated heterocycles. The Morgan fingerprint density at radius 3 is 2.27 bits per heavy atom. The highest BCUT2D eigenvalue weighted by atomic mass is 16.6. The average Bonchev–Trinajstić information content (AvgIpc) is 2.48. The molecule has 5 heteroatoms. The van der Waals surface area contributed by atoms with Gasteiger partial charge < -0.3 is 14.2 Å². The summed E-state index contributed by atoms with van der Waals surface area (Å²) in [6, 6.07) is 0. The molecule has 0 aromatic carbocycles. The normalized spacial score (nSPS) is 19.8. The van der Waals surface area contributed by atoms with Crippen LogP contribution in [0.1, 0.15) is 52.9 Å². The van der Waals surface area contributed by atoms with E-state index in [1.54, 1.807) is 14.0 Å². The van der Waals surface area contributed by atoms with Crippen molar-refractivity contribution in [1.29, 1.82) is 0 Å². The third-order valence-corrected chi connectivity index (χ3v) is 4.28. The number of ether oxygens (including phenoxy) is 3. The van der Waals surface area contributed by atoms with Crippen LogP contribution in [0.4, 0.5) is 0 Å². The van der Waals surface area contributed by atoms with Crippen molar-refractivity contribution in [2.45, 2.75) is 64.6 Å². The first-order valence-corrected chi connectivity index (χ1v) is 7.90. The topological polar surface area (TPSA) is 61.8 Å². The highest BCUT2D eigenvalue weighted by Gasteiger charge is 2.42. The molecule has 0 aromatic heterocycles. The molecule has 0 N–H and O–H groups in total. The molecule has 1 aliphatic carbocycles. The maximum Gasteiger partial charge on any atom is 0.347 e. The first-order valence-electron chi connectivity index (χ1n) is 7.90. The summed E-state index contributed by atoms with van der Waals surface area (Å²) in [4.78, 5) is 23.8. The molecular weight excluding hydrogens is 284 g/mol. The second kappa shape index (κ2) is 8.32. The smallest absolute Gasteiger partial charge is 0.347 e. The van der Waals surface area contributed by atoms with Gasteiger partial charge in [0.05, 0.1) is 6.61 Å². The van der Waals surface area contributed by atoms with Gasteiger partial charge in [0.15, 0.2) is 6.10 Å². The maximum atomic E-state index is 12.3. The maximum absolute atomic E-state index is 12.3. The van der Waals surface area contributed by atoms with Crippen LogP contribution >= 0.6 is 0 Å². The second-order valence-electron chi connectivity index (χ2n) is 6.23. The molecule has 0 bridgehead atoms. The average molecular weight is 312 g/mol. The second-order valence-corrected chi connectivity index (χ2v) is 6.23. The lowest BCUT2D eigenvalue weighted by Crippen LogP contribution is -2.47. The van der Waals surface area contributed by atoms with E-state index in [0.29, 0.717) is 6.61 Å². The van der Waals surface area contributed by atoms with E-state index in [0.717, 1.165) is 32.1 Å². The van der Waals surface area contributed by atoms with Gasteiger partial charge in [-0.3, -0.25) is 0 Å². The van der Waals surface area contributed by atoms with E-state index < -0.39 is 23.6 Å². The highest BCUT2D eigenvalue weighted by molar-refractivity contribution is 5.89. The van der Waals surface area contributed by atoms with Gasteiger partial charge in [-0.1, -0.05) is 19.9 Å². The fourth-order valence-electron chi connectivity index (χ4n) is 2.84. The Bertz CT molecular complexity index is 409. The highest BCUT2D eigenvalue weighted by Crippen LogP contribution is 2.38. The van der Waals surface area contributed by atoms with Crippen LogP contribution in [0, 0.1) is 5.92 Å². The molecule has 0 radical (unpaired) electrons. The van der Waals surface area contributed by atoms with Crippen LogP contribution < -0.4 is 0 Å². The van der Waals surface area contributed by atoms with Gasteiger partial charge in [0.2, 0.25) is 0 Å². The lowest BCUT2D eigenvalue weighted by Gasteiger charge is -2.41. The summed E-state index contributed by atoms with van der Waals surface area (Å²) in [5.41, 5.74) is -0.255. The molecule has 1 fully saturated rings. The molecule has 22 heavy (non-hydrogen) atoms. The first-order chi connectivity index (χ1) is 10.3. The summed E-state index contributed by atoms with van der Waals surface area (Å²) in [6.45, 7) is 9.15. The van der Waals surface area contributed by atoms with Gasteiger partial charge in [-0.15, -0.1) is 0 Å². The molecule has 1 saturated carbocycles. The summed E-state index contributed by atoms with van der Waals surface area (Å²) >= 11 is 0. The van der Waals surface area contributed by atoms with Crippen LogP contribution in [-0.4, -0.2) is 37.4 Å². The summed E-state index contributed by atoms with van der Waals surface area (Å²) in [6.07, 6.45) is 3.93. The Kier molecular flexibility index (Phi) is 7.07. The number of methoxy groups -OCH3 is 1. The molecule has 5 nitrogen and oxygen atoms in total. The quantitative estimate of drug-likeness (QED) is 0.534. The predicted octanol–water partition coefficient (Wildman–Crippen LogP) is 3.02. The van der Waals surface area contributed by atoms with E-state index in [1.165, 1.54) is 6.92 Å². The van der Waals surface area contributed by atoms with E-state index in [2.05, 4.69) is 6.58 Å². The van der Waals surface area contributed by atoms with Crippen molar-refractivity contribution in [3.63, 3.8) is 0 Å². The van der Waals surface area contributed by atoms with Crippen molar-refractivity contribution in [2.75, 3.05) is 13.7 Å². The monoisotopic (exact) mass is 312 g/mol. The molecule has 0 aliphatic heterocycles. The van der Waals surface area contributed by atoms with E-state index in [1.807, 2.05) is 6.92 Å². The van der Waals surface area contributed by atoms with Crippen molar-refractivity contribution in [1.82, 2.24) is 0 Å². The van der Waals surface area contributed by atoms with Crippen molar-refractivity contribution in [3.8, 4) is 0 Å². The molecule has 1 aliphatic rings. The number of esters is 2. The number of hydrogen-bond donors (Lipinski definition) is 0. The number of rotatable bonds is 7. The Morgan fingerprint density at radius 1 is 1.18 bits per heavy atom. The van der Waals surface area contributed by atoms with Gasteiger partial charge in [0.25, 0.3) is 0 Å². The molecule has 0 amide bonds. The largest absolute Gasteiger partial charge is 0.456 e. The molecule has 0 spiro atoms. The molecular formula is C17H28O5. The van der Waals surface area contributed by atoms with Gasteiger partial charge >= 0.3 is 11.9 Å². The van der Waals surface area contributed by atoms with Crippen LogP contribution in [0.3, 0.4) is 0 Å². The Balaban J connectivity index is 2.74. The van der Waals surface area contributed by atoms with Crippen LogP contribution in [-0.2, 0) is 23.8 Å². The van der Waals surface area contributed by atoms with E-state index >= 15 is 0 Å². The minimum atomic E-state index is -0.933. The van der Waals surface area contributed by atoms with Gasteiger partial charge in [0.1, 0.15) is 5.60 Å². The van der Waals surface area contributed by atoms with Crippen LogP contribution in [0.25, 0.3) is 0 Å². The number of carbonyl (C=O) groups is 2. The zero-order valence-electron chi connectivity index (χ0n) is 14.1. The molecule has 0 heterocycles. The third kappa shape index (κ3) is 4.83. The lowest BCUT2D eigenvalue weighted by molar-refractivity contribution is -0.187.